The van der Waals surface area contributed by atoms with E-state index in [1.165, 1.54) is 25.7 Å². The van der Waals surface area contributed by atoms with E-state index >= 15 is 0 Å². The van der Waals surface area contributed by atoms with Crippen LogP contribution in [0.1, 0.15) is 84.2 Å². The molecule has 0 radical (unpaired) electrons. The Morgan fingerprint density at radius 2 is 1.98 bits per heavy atom. The lowest BCUT2D eigenvalue weighted by molar-refractivity contribution is -0.190. The van der Waals surface area contributed by atoms with E-state index in [1.54, 1.807) is 6.07 Å². The summed E-state index contributed by atoms with van der Waals surface area (Å²) in [5.74, 6) is 1.56. The fourth-order valence-corrected chi connectivity index (χ4v) is 8.71. The number of rotatable bonds is 5. The summed E-state index contributed by atoms with van der Waals surface area (Å²) in [7, 11) is 0. The van der Waals surface area contributed by atoms with Gasteiger partial charge in [-0.25, -0.2) is 0 Å². The molecule has 6 rings (SSSR count). The standard InChI is InChI=1S/C29H48F3N7OS/c1-27(2)17-20-4-3-12-33-22-7-13-34-25(16-22)41-35-18-21-5-6-23(36-26(21)38(27)19-20)39-14-8-24(37-39)40-15-11-28(9-10-28)29(30,31)32/h8,14,20-23,25-26,33-36H,3-7,9-13,15-19H2,1-2H3. The van der Waals surface area contributed by atoms with E-state index in [0.29, 0.717) is 29.1 Å². The normalized spacial score (nSPS) is 37.4. The van der Waals surface area contributed by atoms with Gasteiger partial charge < -0.3 is 15.4 Å². The zero-order valence-corrected chi connectivity index (χ0v) is 25.3. The van der Waals surface area contributed by atoms with E-state index in [1.807, 2.05) is 22.8 Å². The number of piperidine rings is 2. The van der Waals surface area contributed by atoms with E-state index in [-0.39, 0.29) is 43.7 Å². The molecule has 0 aromatic carbocycles. The maximum atomic E-state index is 13.3. The van der Waals surface area contributed by atoms with Crippen LogP contribution in [0.2, 0.25) is 0 Å². The SMILES string of the molecule is CC1(C)CC2CCCNC3CCNC(C3)SNCC3CCC(n4ccc(OCCC5(C(F)(F)F)CC5)n4)NC3N1C2. The summed E-state index contributed by atoms with van der Waals surface area (Å²) in [6.45, 7) is 9.02. The quantitative estimate of drug-likeness (QED) is 0.366. The molecule has 7 atom stereocenters. The third-order valence-electron chi connectivity index (χ3n) is 10.3. The first kappa shape index (κ1) is 30.0. The molecule has 1 aromatic heterocycles. The van der Waals surface area contributed by atoms with Crippen LogP contribution >= 0.6 is 11.9 Å². The molecule has 1 aliphatic carbocycles. The predicted octanol–water partition coefficient (Wildman–Crippen LogP) is 4.62. The van der Waals surface area contributed by atoms with Gasteiger partial charge in [0.25, 0.3) is 0 Å². The van der Waals surface area contributed by atoms with Crippen LogP contribution in [0.4, 0.5) is 13.2 Å². The van der Waals surface area contributed by atoms with Crippen molar-refractivity contribution in [2.24, 2.45) is 17.3 Å². The smallest absolute Gasteiger partial charge is 0.394 e. The van der Waals surface area contributed by atoms with Gasteiger partial charge in [-0.2, -0.15) is 13.2 Å². The number of nitrogens with zero attached hydrogens (tertiary/aromatic N) is 3. The lowest BCUT2D eigenvalue weighted by Gasteiger charge is -2.47. The first-order chi connectivity index (χ1) is 19.6. The van der Waals surface area contributed by atoms with Crippen LogP contribution < -0.4 is 25.4 Å². The fourth-order valence-electron chi connectivity index (χ4n) is 7.66. The molecule has 4 aliphatic heterocycles. The van der Waals surface area contributed by atoms with Crippen molar-refractivity contribution < 1.29 is 17.9 Å². The van der Waals surface area contributed by atoms with Crippen LogP contribution in [0, 0.1) is 17.3 Å². The summed E-state index contributed by atoms with van der Waals surface area (Å²) < 4.78 is 51.2. The van der Waals surface area contributed by atoms with E-state index in [2.05, 4.69) is 44.5 Å². The molecule has 5 heterocycles. The summed E-state index contributed by atoms with van der Waals surface area (Å²) in [5.41, 5.74) is -1.44. The second kappa shape index (κ2) is 12.1. The minimum absolute atomic E-state index is 0.00188. The van der Waals surface area contributed by atoms with Gasteiger partial charge in [0.2, 0.25) is 5.88 Å². The molecule has 4 N–H and O–H groups in total. The number of fused-ring (bicyclic) bond motifs is 6. The van der Waals surface area contributed by atoms with Crippen LogP contribution in [-0.2, 0) is 0 Å². The summed E-state index contributed by atoms with van der Waals surface area (Å²) >= 11 is 1.85. The summed E-state index contributed by atoms with van der Waals surface area (Å²) in [6.07, 6.45) is 6.45. The van der Waals surface area contributed by atoms with Gasteiger partial charge in [0.1, 0.15) is 6.17 Å². The van der Waals surface area contributed by atoms with Gasteiger partial charge in [-0.1, -0.05) is 11.9 Å². The molecular formula is C29H48F3N7OS. The van der Waals surface area contributed by atoms with Crippen molar-refractivity contribution >= 4 is 11.9 Å². The zero-order valence-electron chi connectivity index (χ0n) is 24.5. The van der Waals surface area contributed by atoms with Gasteiger partial charge in [-0.3, -0.25) is 19.6 Å². The summed E-state index contributed by atoms with van der Waals surface area (Å²) in [4.78, 5) is 2.71. The number of ether oxygens (including phenoxy) is 1. The molecule has 5 fully saturated rings. The predicted molar refractivity (Wildman–Crippen MR) is 155 cm³/mol. The van der Waals surface area contributed by atoms with Crippen molar-refractivity contribution in [1.29, 1.82) is 0 Å². The number of nitrogens with one attached hydrogen (secondary N) is 4. The molecule has 4 saturated heterocycles. The van der Waals surface area contributed by atoms with E-state index in [4.69, 9.17) is 4.74 Å². The van der Waals surface area contributed by atoms with Gasteiger partial charge in [0.05, 0.1) is 23.6 Å². The zero-order chi connectivity index (χ0) is 28.7. The molecule has 232 valence electrons. The van der Waals surface area contributed by atoms with E-state index < -0.39 is 11.6 Å². The Hall–Kier alpha value is -1.05. The molecule has 1 aromatic rings. The highest BCUT2D eigenvalue weighted by Gasteiger charge is 2.62. The third kappa shape index (κ3) is 6.87. The average Bonchev–Trinajstić information content (AvgIpc) is 3.48. The first-order valence-electron chi connectivity index (χ1n) is 15.7. The molecule has 41 heavy (non-hydrogen) atoms. The third-order valence-corrected chi connectivity index (χ3v) is 11.3. The van der Waals surface area contributed by atoms with E-state index in [0.717, 1.165) is 45.4 Å². The van der Waals surface area contributed by atoms with Gasteiger partial charge in [0, 0.05) is 42.9 Å². The number of hydrogen-bond acceptors (Lipinski definition) is 8. The van der Waals surface area contributed by atoms with Crippen molar-refractivity contribution in [3.8, 4) is 5.88 Å². The van der Waals surface area contributed by atoms with Crippen LogP contribution in [0.5, 0.6) is 5.88 Å². The Morgan fingerprint density at radius 3 is 2.78 bits per heavy atom. The molecule has 1 saturated carbocycles. The summed E-state index contributed by atoms with van der Waals surface area (Å²) in [5, 5.41) is 16.5. The maximum Gasteiger partial charge on any atom is 0.394 e. The Balaban J connectivity index is 1.11. The van der Waals surface area contributed by atoms with E-state index in [9.17, 15) is 13.2 Å². The monoisotopic (exact) mass is 599 g/mol. The van der Waals surface area contributed by atoms with Crippen LogP contribution in [0.25, 0.3) is 0 Å². The number of hydrogen-bond donors (Lipinski definition) is 4. The molecule has 4 bridgehead atoms. The first-order valence-corrected chi connectivity index (χ1v) is 16.6. The Labute approximate surface area is 246 Å². The van der Waals surface area contributed by atoms with Crippen molar-refractivity contribution in [3.63, 3.8) is 0 Å². The van der Waals surface area contributed by atoms with Crippen molar-refractivity contribution in [2.45, 2.75) is 114 Å². The topological polar surface area (TPSA) is 78.4 Å². The number of aromatic nitrogens is 2. The van der Waals surface area contributed by atoms with Gasteiger partial charge >= 0.3 is 6.18 Å². The molecule has 0 amide bonds. The largest absolute Gasteiger partial charge is 0.477 e. The summed E-state index contributed by atoms with van der Waals surface area (Å²) in [6, 6.07) is 2.38. The van der Waals surface area contributed by atoms with Crippen molar-refractivity contribution in [3.05, 3.63) is 12.3 Å². The lowest BCUT2D eigenvalue weighted by Crippen LogP contribution is -2.60. The molecule has 7 unspecified atom stereocenters. The Morgan fingerprint density at radius 1 is 1.12 bits per heavy atom. The Bertz CT molecular complexity index is 1020. The maximum absolute atomic E-state index is 13.3. The van der Waals surface area contributed by atoms with Gasteiger partial charge in [-0.15, -0.1) is 5.10 Å². The highest BCUT2D eigenvalue weighted by molar-refractivity contribution is 7.98. The van der Waals surface area contributed by atoms with Crippen molar-refractivity contribution in [1.82, 2.24) is 35.4 Å². The Kier molecular flexibility index (Phi) is 8.89. The highest BCUT2D eigenvalue weighted by Crippen LogP contribution is 2.59. The van der Waals surface area contributed by atoms with Crippen LogP contribution in [0.3, 0.4) is 0 Å². The fraction of sp³-hybridized carbons (Fsp3) is 0.897. The number of halogens is 3. The van der Waals surface area contributed by atoms with Crippen LogP contribution in [-0.4, -0.2) is 76.8 Å². The molecule has 8 nitrogen and oxygen atoms in total. The average molecular weight is 600 g/mol. The minimum atomic E-state index is -4.15. The highest BCUT2D eigenvalue weighted by atomic mass is 32.2. The number of alkyl halides is 3. The van der Waals surface area contributed by atoms with Crippen molar-refractivity contribution in [2.75, 3.05) is 32.8 Å². The molecule has 0 spiro atoms. The lowest BCUT2D eigenvalue weighted by atomic mass is 9.90. The molecule has 12 heteroatoms. The molecule has 5 aliphatic rings. The van der Waals surface area contributed by atoms with Gasteiger partial charge in [0.15, 0.2) is 0 Å². The molecular weight excluding hydrogens is 551 g/mol. The van der Waals surface area contributed by atoms with Crippen LogP contribution in [0.15, 0.2) is 12.3 Å². The second-order valence-corrected chi connectivity index (χ2v) is 14.8. The second-order valence-electron chi connectivity index (χ2n) is 13.7. The minimum Gasteiger partial charge on any atom is -0.477 e. The van der Waals surface area contributed by atoms with Gasteiger partial charge in [-0.05, 0) is 97.1 Å².